The van der Waals surface area contributed by atoms with E-state index in [0.717, 1.165) is 77.7 Å². The van der Waals surface area contributed by atoms with Crippen molar-refractivity contribution in [2.45, 2.75) is 0 Å². The van der Waals surface area contributed by atoms with Gasteiger partial charge in [0, 0.05) is 86.1 Å². The van der Waals surface area contributed by atoms with Crippen molar-refractivity contribution in [2.24, 2.45) is 0 Å². The lowest BCUT2D eigenvalue weighted by molar-refractivity contribution is 0.670. The monoisotopic (exact) mass is 911 g/mol. The Bertz CT molecular complexity index is 4540. The van der Waals surface area contributed by atoms with Crippen LogP contribution in [0.15, 0.2) is 229 Å². The number of nitrogens with zero attached hydrogens (tertiary/aromatic N) is 5. The predicted molar refractivity (Wildman–Crippen MR) is 290 cm³/mol. The first-order chi connectivity index (χ1) is 34.7. The highest BCUT2D eigenvalue weighted by Crippen LogP contribution is 2.43. The molecule has 7 heteroatoms. The van der Waals surface area contributed by atoms with Crippen molar-refractivity contribution in [3.05, 3.63) is 224 Å². The Morgan fingerprint density at radius 2 is 0.786 bits per heavy atom. The van der Waals surface area contributed by atoms with Crippen molar-refractivity contribution in [1.82, 2.24) is 24.1 Å². The van der Waals surface area contributed by atoms with Crippen LogP contribution in [-0.4, -0.2) is 24.1 Å². The molecule has 0 saturated heterocycles. The van der Waals surface area contributed by atoms with Crippen LogP contribution in [-0.2, 0) is 0 Å². The quantitative estimate of drug-likeness (QED) is 0.167. The summed E-state index contributed by atoms with van der Waals surface area (Å²) in [6, 6.07) is 79.9. The largest absolute Gasteiger partial charge is 0.455 e. The molecule has 5 aromatic heterocycles. The van der Waals surface area contributed by atoms with Gasteiger partial charge in [-0.25, -0.2) is 15.0 Å². The molecule has 0 aliphatic rings. The second-order valence-electron chi connectivity index (χ2n) is 18.0. The van der Waals surface area contributed by atoms with Gasteiger partial charge in [0.2, 0.25) is 0 Å². The molecule has 0 N–H and O–H groups in total. The van der Waals surface area contributed by atoms with Crippen LogP contribution in [0.4, 0.5) is 0 Å². The Kier molecular flexibility index (Phi) is 8.43. The van der Waals surface area contributed by atoms with Crippen molar-refractivity contribution in [1.29, 1.82) is 0 Å². The number of aromatic nitrogens is 5. The summed E-state index contributed by atoms with van der Waals surface area (Å²) >= 11 is 1.81. The molecule has 326 valence electrons. The molecular formula is C63H37N5OS. The van der Waals surface area contributed by atoms with Crippen molar-refractivity contribution in [2.75, 3.05) is 0 Å². The Balaban J connectivity index is 0.864. The van der Waals surface area contributed by atoms with Crippen LogP contribution in [0, 0.1) is 0 Å². The number of hydrogen-bond donors (Lipinski definition) is 0. The van der Waals surface area contributed by atoms with Crippen LogP contribution < -0.4 is 0 Å². The van der Waals surface area contributed by atoms with E-state index in [1.807, 2.05) is 84.1 Å². The molecule has 10 aromatic carbocycles. The van der Waals surface area contributed by atoms with Crippen molar-refractivity contribution < 1.29 is 4.42 Å². The van der Waals surface area contributed by atoms with Gasteiger partial charge < -0.3 is 13.6 Å². The highest BCUT2D eigenvalue weighted by Gasteiger charge is 2.20. The molecule has 0 saturated carbocycles. The third-order valence-electron chi connectivity index (χ3n) is 14.0. The fourth-order valence-corrected chi connectivity index (χ4v) is 11.8. The summed E-state index contributed by atoms with van der Waals surface area (Å²) in [4.78, 5) is 15.1. The number of para-hydroxylation sites is 4. The Morgan fingerprint density at radius 1 is 0.314 bits per heavy atom. The highest BCUT2D eigenvalue weighted by atomic mass is 32.1. The number of furan rings is 1. The van der Waals surface area contributed by atoms with E-state index in [0.29, 0.717) is 17.5 Å². The van der Waals surface area contributed by atoms with E-state index in [2.05, 4.69) is 161 Å². The average Bonchev–Trinajstić information content (AvgIpc) is 4.18. The maximum absolute atomic E-state index is 6.50. The summed E-state index contributed by atoms with van der Waals surface area (Å²) in [6.45, 7) is 0. The van der Waals surface area contributed by atoms with Crippen LogP contribution >= 0.6 is 11.3 Å². The molecule has 15 aromatic rings. The van der Waals surface area contributed by atoms with E-state index in [1.165, 1.54) is 47.2 Å². The molecule has 0 aliphatic carbocycles. The van der Waals surface area contributed by atoms with E-state index in [9.17, 15) is 0 Å². The topological polar surface area (TPSA) is 61.7 Å². The molecule has 0 amide bonds. The fourth-order valence-electron chi connectivity index (χ4n) is 10.8. The van der Waals surface area contributed by atoms with Gasteiger partial charge in [0.05, 0.1) is 22.1 Å². The third-order valence-corrected chi connectivity index (χ3v) is 15.1. The van der Waals surface area contributed by atoms with Gasteiger partial charge in [0.1, 0.15) is 11.2 Å². The lowest BCUT2D eigenvalue weighted by atomic mass is 10.0. The first kappa shape index (κ1) is 38.9. The normalized spacial score (nSPS) is 12.0. The van der Waals surface area contributed by atoms with Gasteiger partial charge in [-0.3, -0.25) is 0 Å². The molecule has 5 heterocycles. The zero-order valence-electron chi connectivity index (χ0n) is 37.4. The Hall–Kier alpha value is -9.17. The van der Waals surface area contributed by atoms with E-state index < -0.39 is 0 Å². The molecular weight excluding hydrogens is 875 g/mol. The fraction of sp³-hybridized carbons (Fsp3) is 0. The van der Waals surface area contributed by atoms with E-state index >= 15 is 0 Å². The van der Waals surface area contributed by atoms with E-state index in [-0.39, 0.29) is 0 Å². The minimum atomic E-state index is 0.646. The standard InChI is InChI=1S/C63H37N5OS/c1-3-14-38(15-4-1)61-64-62(39-16-5-2-6-17-39)66-63(65-61)41-27-32-58-51(35-41)52-37-43(29-33-59(52)70-58)68-54-24-11-8-19-46(54)50-36-42(28-31-56(50)68)67-53-23-10-7-18-45(53)49-34-40(26-30-55(49)67)44-21-13-22-48-47-20-9-12-25-57(47)69-60(44)48/h1-37H. The average molecular weight is 912 g/mol. The summed E-state index contributed by atoms with van der Waals surface area (Å²) in [6.07, 6.45) is 0. The second-order valence-corrected chi connectivity index (χ2v) is 19.0. The summed E-state index contributed by atoms with van der Waals surface area (Å²) in [5.74, 6) is 1.95. The summed E-state index contributed by atoms with van der Waals surface area (Å²) < 4.78 is 13.8. The highest BCUT2D eigenvalue weighted by molar-refractivity contribution is 7.25. The van der Waals surface area contributed by atoms with Gasteiger partial charge >= 0.3 is 0 Å². The Morgan fingerprint density at radius 3 is 1.47 bits per heavy atom. The number of hydrogen-bond acceptors (Lipinski definition) is 5. The van der Waals surface area contributed by atoms with Crippen molar-refractivity contribution >= 4 is 97.1 Å². The molecule has 0 radical (unpaired) electrons. The zero-order valence-corrected chi connectivity index (χ0v) is 38.2. The molecule has 0 atom stereocenters. The van der Waals surface area contributed by atoms with Crippen LogP contribution in [0.5, 0.6) is 0 Å². The number of benzene rings is 10. The lowest BCUT2D eigenvalue weighted by Gasteiger charge is -2.11. The molecule has 0 fully saturated rings. The maximum atomic E-state index is 6.50. The van der Waals surface area contributed by atoms with Crippen LogP contribution in [0.2, 0.25) is 0 Å². The lowest BCUT2D eigenvalue weighted by Crippen LogP contribution is -2.00. The van der Waals surface area contributed by atoms with E-state index in [1.54, 1.807) is 0 Å². The van der Waals surface area contributed by atoms with Crippen LogP contribution in [0.1, 0.15) is 0 Å². The molecule has 0 unspecified atom stereocenters. The van der Waals surface area contributed by atoms with Gasteiger partial charge in [0.25, 0.3) is 0 Å². The minimum absolute atomic E-state index is 0.646. The van der Waals surface area contributed by atoms with E-state index in [4.69, 9.17) is 19.4 Å². The number of rotatable bonds is 6. The molecule has 15 rings (SSSR count). The predicted octanol–water partition coefficient (Wildman–Crippen LogP) is 17.0. The van der Waals surface area contributed by atoms with Crippen LogP contribution in [0.3, 0.4) is 0 Å². The minimum Gasteiger partial charge on any atom is -0.455 e. The van der Waals surface area contributed by atoms with Gasteiger partial charge in [0.15, 0.2) is 17.5 Å². The molecule has 6 nitrogen and oxygen atoms in total. The summed E-state index contributed by atoms with van der Waals surface area (Å²) in [5, 5.41) is 9.45. The van der Waals surface area contributed by atoms with Gasteiger partial charge in [-0.05, 0) is 90.5 Å². The van der Waals surface area contributed by atoms with Crippen LogP contribution in [0.25, 0.3) is 142 Å². The number of fused-ring (bicyclic) bond motifs is 12. The third kappa shape index (κ3) is 5.95. The maximum Gasteiger partial charge on any atom is 0.164 e. The van der Waals surface area contributed by atoms with Crippen molar-refractivity contribution in [3.63, 3.8) is 0 Å². The van der Waals surface area contributed by atoms with Gasteiger partial charge in [-0.15, -0.1) is 11.3 Å². The SMILES string of the molecule is c1ccc(-c2nc(-c3ccccc3)nc(-c3ccc4sc5ccc(-n6c7ccccc7c7cc(-n8c9ccccc9c9cc(-c%10cccc%11c%10oc%10ccccc%10%11)ccc98)ccc76)cc5c4c3)n2)cc1. The summed E-state index contributed by atoms with van der Waals surface area (Å²) in [7, 11) is 0. The molecule has 0 spiro atoms. The summed E-state index contributed by atoms with van der Waals surface area (Å²) in [5.41, 5.74) is 13.7. The smallest absolute Gasteiger partial charge is 0.164 e. The Labute approximate surface area is 404 Å². The number of thiophene rings is 1. The first-order valence-corrected chi connectivity index (χ1v) is 24.3. The molecule has 0 bridgehead atoms. The van der Waals surface area contributed by atoms with Gasteiger partial charge in [-0.1, -0.05) is 140 Å². The van der Waals surface area contributed by atoms with Gasteiger partial charge in [-0.2, -0.15) is 0 Å². The van der Waals surface area contributed by atoms with Crippen molar-refractivity contribution in [3.8, 4) is 56.7 Å². The molecule has 70 heavy (non-hydrogen) atoms. The first-order valence-electron chi connectivity index (χ1n) is 23.5. The molecule has 0 aliphatic heterocycles. The second kappa shape index (κ2) is 15.2. The zero-order chi connectivity index (χ0) is 45.9.